The summed E-state index contributed by atoms with van der Waals surface area (Å²) in [5.74, 6) is 0.427. The van der Waals surface area contributed by atoms with E-state index < -0.39 is 11.9 Å². The van der Waals surface area contributed by atoms with Gasteiger partial charge in [0, 0.05) is 6.42 Å². The number of nitrogens with zero attached hydrogens (tertiary/aromatic N) is 3. The SMILES string of the molecule is CCc1nc2c(CC)ccc(C(F)(F)F)n2n1. The van der Waals surface area contributed by atoms with Crippen LogP contribution >= 0.6 is 0 Å². The molecule has 0 fully saturated rings. The standard InChI is InChI=1S/C11H12F3N3/c1-3-7-5-6-8(11(12,13)14)17-10(7)15-9(4-2)16-17/h5-6H,3-4H2,1-2H3. The summed E-state index contributed by atoms with van der Waals surface area (Å²) in [6.07, 6.45) is -3.27. The molecule has 0 radical (unpaired) electrons. The highest BCUT2D eigenvalue weighted by atomic mass is 19.4. The summed E-state index contributed by atoms with van der Waals surface area (Å²) in [4.78, 5) is 4.13. The lowest BCUT2D eigenvalue weighted by atomic mass is 10.2. The molecule has 0 unspecified atom stereocenters. The van der Waals surface area contributed by atoms with Gasteiger partial charge in [0.1, 0.15) is 5.69 Å². The number of aromatic nitrogens is 3. The van der Waals surface area contributed by atoms with Gasteiger partial charge in [-0.05, 0) is 18.1 Å². The fourth-order valence-corrected chi connectivity index (χ4v) is 1.70. The molecule has 0 atom stereocenters. The van der Waals surface area contributed by atoms with Crippen LogP contribution in [0.3, 0.4) is 0 Å². The van der Waals surface area contributed by atoms with E-state index in [4.69, 9.17) is 0 Å². The molecule has 0 aliphatic rings. The summed E-state index contributed by atoms with van der Waals surface area (Å²) in [6.45, 7) is 3.69. The molecule has 0 saturated carbocycles. The van der Waals surface area contributed by atoms with E-state index in [0.29, 0.717) is 24.3 Å². The van der Waals surface area contributed by atoms with Crippen LogP contribution in [0.2, 0.25) is 0 Å². The van der Waals surface area contributed by atoms with Gasteiger partial charge in [0.2, 0.25) is 0 Å². The zero-order chi connectivity index (χ0) is 12.6. The van der Waals surface area contributed by atoms with Crippen molar-refractivity contribution in [3.8, 4) is 0 Å². The van der Waals surface area contributed by atoms with Gasteiger partial charge in [0.05, 0.1) is 0 Å². The minimum atomic E-state index is -4.41. The van der Waals surface area contributed by atoms with Crippen LogP contribution in [-0.2, 0) is 19.0 Å². The summed E-state index contributed by atoms with van der Waals surface area (Å²) in [7, 11) is 0. The third kappa shape index (κ3) is 1.99. The first-order valence-electron chi connectivity index (χ1n) is 5.42. The maximum atomic E-state index is 12.8. The molecule has 2 rings (SSSR count). The molecule has 6 heteroatoms. The van der Waals surface area contributed by atoms with E-state index in [2.05, 4.69) is 10.1 Å². The average Bonchev–Trinajstić information content (AvgIpc) is 2.69. The molecule has 2 aromatic rings. The summed E-state index contributed by atoms with van der Waals surface area (Å²) < 4.78 is 39.2. The zero-order valence-corrected chi connectivity index (χ0v) is 9.54. The van der Waals surface area contributed by atoms with Gasteiger partial charge in [-0.25, -0.2) is 9.50 Å². The van der Waals surface area contributed by atoms with Crippen molar-refractivity contribution < 1.29 is 13.2 Å². The molecule has 0 bridgehead atoms. The number of hydrogen-bond acceptors (Lipinski definition) is 2. The predicted octanol–water partition coefficient (Wildman–Crippen LogP) is 2.87. The molecule has 0 spiro atoms. The molecule has 0 N–H and O–H groups in total. The number of hydrogen-bond donors (Lipinski definition) is 0. The molecule has 2 aromatic heterocycles. The highest BCUT2D eigenvalue weighted by molar-refractivity contribution is 5.49. The van der Waals surface area contributed by atoms with Crippen molar-refractivity contribution in [3.63, 3.8) is 0 Å². The molecule has 92 valence electrons. The van der Waals surface area contributed by atoms with Gasteiger partial charge < -0.3 is 0 Å². The number of pyridine rings is 1. The number of rotatable bonds is 2. The Hall–Kier alpha value is -1.59. The fourth-order valence-electron chi connectivity index (χ4n) is 1.70. The van der Waals surface area contributed by atoms with Gasteiger partial charge in [0.15, 0.2) is 11.5 Å². The fraction of sp³-hybridized carbons (Fsp3) is 0.455. The second-order valence-electron chi connectivity index (χ2n) is 3.71. The number of aryl methyl sites for hydroxylation is 2. The van der Waals surface area contributed by atoms with E-state index in [1.54, 1.807) is 0 Å². The maximum absolute atomic E-state index is 12.8. The van der Waals surface area contributed by atoms with E-state index in [0.717, 1.165) is 16.1 Å². The van der Waals surface area contributed by atoms with Gasteiger partial charge in [0.25, 0.3) is 0 Å². The molecule has 0 aliphatic heterocycles. The van der Waals surface area contributed by atoms with Gasteiger partial charge in [-0.2, -0.15) is 18.3 Å². The Kier molecular flexibility index (Phi) is 2.81. The summed E-state index contributed by atoms with van der Waals surface area (Å²) >= 11 is 0. The Balaban J connectivity index is 2.76. The van der Waals surface area contributed by atoms with E-state index in [1.807, 2.05) is 13.8 Å². The zero-order valence-electron chi connectivity index (χ0n) is 9.54. The van der Waals surface area contributed by atoms with E-state index in [-0.39, 0.29) is 0 Å². The third-order valence-corrected chi connectivity index (χ3v) is 2.60. The topological polar surface area (TPSA) is 30.2 Å². The Morgan fingerprint density at radius 2 is 1.88 bits per heavy atom. The molecule has 0 aliphatic carbocycles. The molecule has 0 amide bonds. The molecule has 2 heterocycles. The highest BCUT2D eigenvalue weighted by Crippen LogP contribution is 2.30. The first kappa shape index (κ1) is 11.9. The average molecular weight is 243 g/mol. The van der Waals surface area contributed by atoms with Crippen molar-refractivity contribution in [1.29, 1.82) is 0 Å². The predicted molar refractivity (Wildman–Crippen MR) is 56.7 cm³/mol. The van der Waals surface area contributed by atoms with E-state index in [1.165, 1.54) is 6.07 Å². The summed E-state index contributed by atoms with van der Waals surface area (Å²) in [5.41, 5.74) is 0.293. The second kappa shape index (κ2) is 4.01. The Labute approximate surface area is 96.3 Å². The first-order valence-corrected chi connectivity index (χ1v) is 5.42. The lowest BCUT2D eigenvalue weighted by Gasteiger charge is -2.09. The number of alkyl halides is 3. The largest absolute Gasteiger partial charge is 0.433 e. The Morgan fingerprint density at radius 1 is 1.18 bits per heavy atom. The van der Waals surface area contributed by atoms with Crippen LogP contribution in [0.25, 0.3) is 5.65 Å². The van der Waals surface area contributed by atoms with Gasteiger partial charge in [-0.15, -0.1) is 0 Å². The van der Waals surface area contributed by atoms with Crippen molar-refractivity contribution in [3.05, 3.63) is 29.2 Å². The molecular formula is C11H12F3N3. The lowest BCUT2D eigenvalue weighted by Crippen LogP contribution is -2.13. The van der Waals surface area contributed by atoms with Gasteiger partial charge in [-0.3, -0.25) is 0 Å². The minimum Gasteiger partial charge on any atom is -0.212 e. The van der Waals surface area contributed by atoms with Crippen molar-refractivity contribution in [2.75, 3.05) is 0 Å². The van der Waals surface area contributed by atoms with Crippen molar-refractivity contribution in [2.24, 2.45) is 0 Å². The molecule has 0 aromatic carbocycles. The highest BCUT2D eigenvalue weighted by Gasteiger charge is 2.34. The quantitative estimate of drug-likeness (QED) is 0.811. The van der Waals surface area contributed by atoms with Crippen LogP contribution in [0, 0.1) is 0 Å². The molecule has 0 saturated heterocycles. The van der Waals surface area contributed by atoms with Crippen LogP contribution in [0.5, 0.6) is 0 Å². The minimum absolute atomic E-state index is 0.305. The van der Waals surface area contributed by atoms with Crippen LogP contribution in [0.15, 0.2) is 12.1 Å². The second-order valence-corrected chi connectivity index (χ2v) is 3.71. The normalized spacial score (nSPS) is 12.3. The molecule has 3 nitrogen and oxygen atoms in total. The number of halogens is 3. The van der Waals surface area contributed by atoms with Crippen molar-refractivity contribution in [1.82, 2.24) is 14.6 Å². The van der Waals surface area contributed by atoms with Gasteiger partial charge in [-0.1, -0.05) is 19.9 Å². The number of fused-ring (bicyclic) bond motifs is 1. The Bertz CT molecular complexity index is 543. The third-order valence-electron chi connectivity index (χ3n) is 2.60. The smallest absolute Gasteiger partial charge is 0.212 e. The van der Waals surface area contributed by atoms with Crippen LogP contribution in [0.1, 0.15) is 30.9 Å². The van der Waals surface area contributed by atoms with Crippen molar-refractivity contribution in [2.45, 2.75) is 32.9 Å². The van der Waals surface area contributed by atoms with Crippen LogP contribution < -0.4 is 0 Å². The van der Waals surface area contributed by atoms with Gasteiger partial charge >= 0.3 is 6.18 Å². The molecule has 17 heavy (non-hydrogen) atoms. The van der Waals surface area contributed by atoms with Crippen LogP contribution in [0.4, 0.5) is 13.2 Å². The van der Waals surface area contributed by atoms with E-state index >= 15 is 0 Å². The summed E-state index contributed by atoms with van der Waals surface area (Å²) in [5, 5.41) is 3.89. The molecular weight excluding hydrogens is 231 g/mol. The van der Waals surface area contributed by atoms with Crippen molar-refractivity contribution >= 4 is 5.65 Å². The van der Waals surface area contributed by atoms with Crippen LogP contribution in [-0.4, -0.2) is 14.6 Å². The first-order chi connectivity index (χ1) is 7.97. The summed E-state index contributed by atoms with van der Waals surface area (Å²) in [6, 6.07) is 2.52. The maximum Gasteiger partial charge on any atom is 0.433 e. The Morgan fingerprint density at radius 3 is 2.41 bits per heavy atom. The van der Waals surface area contributed by atoms with E-state index in [9.17, 15) is 13.2 Å². The monoisotopic (exact) mass is 243 g/mol. The lowest BCUT2D eigenvalue weighted by molar-refractivity contribution is -0.142.